The van der Waals surface area contributed by atoms with Crippen molar-refractivity contribution in [2.45, 2.75) is 0 Å². The molecular weight excluding hydrogens is 472 g/mol. The maximum Gasteiger partial charge on any atom is 0.360 e. The number of nitrogens with one attached hydrogen (secondary N) is 2. The smallest absolute Gasteiger partial charge is 0.360 e. The van der Waals surface area contributed by atoms with E-state index in [2.05, 4.69) is 10.6 Å². The standard InChI is InChI=1S/C29H24N2O6/c1-35-23-10-3-19(4-11-23)7-15-27(32)30-22-9-14-26-21(17-22)18-25(29(34)37-26)31-28(33)16-8-20-5-12-24(36-2)13-6-20/h3-18H,1-2H3,(H,30,32)(H,31,33)/b15-7+,16-8+. The lowest BCUT2D eigenvalue weighted by Gasteiger charge is -2.06. The Morgan fingerprint density at radius 3 is 1.81 bits per heavy atom. The van der Waals surface area contributed by atoms with E-state index in [1.165, 1.54) is 18.2 Å². The number of carbonyl (C=O) groups excluding carboxylic acids is 2. The third-order valence-corrected chi connectivity index (χ3v) is 5.34. The summed E-state index contributed by atoms with van der Waals surface area (Å²) in [5, 5.41) is 5.84. The van der Waals surface area contributed by atoms with Crippen LogP contribution < -0.4 is 25.7 Å². The van der Waals surface area contributed by atoms with Crippen LogP contribution in [0.1, 0.15) is 11.1 Å². The fourth-order valence-electron chi connectivity index (χ4n) is 3.42. The van der Waals surface area contributed by atoms with Gasteiger partial charge < -0.3 is 24.5 Å². The van der Waals surface area contributed by atoms with E-state index in [0.717, 1.165) is 16.9 Å². The van der Waals surface area contributed by atoms with Gasteiger partial charge in [0.05, 0.1) is 14.2 Å². The SMILES string of the molecule is COc1ccc(/C=C/C(=O)Nc2ccc3oc(=O)c(NC(=O)/C=C/c4ccc(OC)cc4)cc3c2)cc1. The molecule has 2 N–H and O–H groups in total. The minimum absolute atomic E-state index is 0.0141. The van der Waals surface area contributed by atoms with E-state index in [0.29, 0.717) is 22.4 Å². The number of fused-ring (bicyclic) bond motifs is 1. The second kappa shape index (κ2) is 11.5. The molecule has 0 unspecified atom stereocenters. The summed E-state index contributed by atoms with van der Waals surface area (Å²) in [6.45, 7) is 0. The molecule has 186 valence electrons. The van der Waals surface area contributed by atoms with Gasteiger partial charge in [0, 0.05) is 23.2 Å². The Labute approximate surface area is 212 Å². The predicted octanol–water partition coefficient (Wildman–Crippen LogP) is 5.11. The van der Waals surface area contributed by atoms with Gasteiger partial charge in [-0.1, -0.05) is 24.3 Å². The van der Waals surface area contributed by atoms with Crippen LogP contribution in [0.25, 0.3) is 23.1 Å². The van der Waals surface area contributed by atoms with Crippen molar-refractivity contribution >= 4 is 46.3 Å². The first-order valence-corrected chi connectivity index (χ1v) is 11.3. The number of ether oxygens (including phenoxy) is 2. The molecule has 2 amide bonds. The number of hydrogen-bond acceptors (Lipinski definition) is 6. The lowest BCUT2D eigenvalue weighted by atomic mass is 10.2. The summed E-state index contributed by atoms with van der Waals surface area (Å²) >= 11 is 0. The van der Waals surface area contributed by atoms with E-state index in [-0.39, 0.29) is 11.6 Å². The molecule has 0 aliphatic rings. The van der Waals surface area contributed by atoms with Gasteiger partial charge in [-0.2, -0.15) is 0 Å². The summed E-state index contributed by atoms with van der Waals surface area (Å²) in [7, 11) is 3.16. The zero-order valence-corrected chi connectivity index (χ0v) is 20.2. The first kappa shape index (κ1) is 25.0. The zero-order chi connectivity index (χ0) is 26.2. The minimum atomic E-state index is -0.682. The van der Waals surface area contributed by atoms with Gasteiger partial charge in [0.25, 0.3) is 0 Å². The van der Waals surface area contributed by atoms with E-state index >= 15 is 0 Å². The van der Waals surface area contributed by atoms with Gasteiger partial charge in [0.1, 0.15) is 22.8 Å². The Kier molecular flexibility index (Phi) is 7.80. The molecule has 1 aromatic heterocycles. The lowest BCUT2D eigenvalue weighted by molar-refractivity contribution is -0.112. The Balaban J connectivity index is 1.44. The first-order valence-electron chi connectivity index (χ1n) is 11.3. The summed E-state index contributed by atoms with van der Waals surface area (Å²) in [5.74, 6) is 0.618. The number of methoxy groups -OCH3 is 2. The fourth-order valence-corrected chi connectivity index (χ4v) is 3.42. The van der Waals surface area contributed by atoms with Crippen molar-refractivity contribution in [2.24, 2.45) is 0 Å². The molecule has 4 rings (SSSR count). The number of anilines is 2. The highest BCUT2D eigenvalue weighted by atomic mass is 16.5. The highest BCUT2D eigenvalue weighted by molar-refractivity contribution is 6.04. The van der Waals surface area contributed by atoms with Crippen LogP contribution in [0.2, 0.25) is 0 Å². The largest absolute Gasteiger partial charge is 0.497 e. The maximum atomic E-state index is 12.4. The molecule has 0 radical (unpaired) electrons. The van der Waals surface area contributed by atoms with Gasteiger partial charge in [-0.25, -0.2) is 4.79 Å². The van der Waals surface area contributed by atoms with Crippen molar-refractivity contribution in [1.29, 1.82) is 0 Å². The zero-order valence-electron chi connectivity index (χ0n) is 20.2. The Morgan fingerprint density at radius 2 is 1.27 bits per heavy atom. The molecule has 8 nitrogen and oxygen atoms in total. The van der Waals surface area contributed by atoms with Crippen molar-refractivity contribution in [3.05, 3.63) is 106 Å². The van der Waals surface area contributed by atoms with E-state index < -0.39 is 11.5 Å². The molecule has 0 aliphatic carbocycles. The van der Waals surface area contributed by atoms with Crippen LogP contribution in [0.5, 0.6) is 11.5 Å². The van der Waals surface area contributed by atoms with Crippen molar-refractivity contribution in [3.63, 3.8) is 0 Å². The second-order valence-electron chi connectivity index (χ2n) is 7.89. The van der Waals surface area contributed by atoms with Gasteiger partial charge in [-0.05, 0) is 71.8 Å². The molecule has 1 heterocycles. The van der Waals surface area contributed by atoms with Crippen LogP contribution in [0, 0.1) is 0 Å². The molecule has 0 bridgehead atoms. The topological polar surface area (TPSA) is 107 Å². The Morgan fingerprint density at radius 1 is 0.730 bits per heavy atom. The molecule has 0 saturated heterocycles. The van der Waals surface area contributed by atoms with Crippen molar-refractivity contribution < 1.29 is 23.5 Å². The fraction of sp³-hybridized carbons (Fsp3) is 0.0690. The highest BCUT2D eigenvalue weighted by Gasteiger charge is 2.09. The Bertz CT molecular complexity index is 1530. The summed E-state index contributed by atoms with van der Waals surface area (Å²) in [5.41, 5.74) is 1.77. The summed E-state index contributed by atoms with van der Waals surface area (Å²) < 4.78 is 15.6. The summed E-state index contributed by atoms with van der Waals surface area (Å²) in [6, 6.07) is 20.8. The first-order chi connectivity index (χ1) is 17.9. The molecule has 8 heteroatoms. The van der Waals surface area contributed by atoms with Crippen molar-refractivity contribution in [3.8, 4) is 11.5 Å². The molecule has 0 fully saturated rings. The van der Waals surface area contributed by atoms with Crippen molar-refractivity contribution in [2.75, 3.05) is 24.9 Å². The average molecular weight is 497 g/mol. The second-order valence-corrected chi connectivity index (χ2v) is 7.89. The average Bonchev–Trinajstić information content (AvgIpc) is 2.92. The summed E-state index contributed by atoms with van der Waals surface area (Å²) in [6.07, 6.45) is 6.03. The molecule has 0 saturated carbocycles. The van der Waals surface area contributed by atoms with E-state index in [1.807, 2.05) is 12.1 Å². The molecule has 0 atom stereocenters. The van der Waals surface area contributed by atoms with Crippen LogP contribution in [0.15, 0.2) is 94.2 Å². The molecule has 0 aliphatic heterocycles. The van der Waals surface area contributed by atoms with Gasteiger partial charge in [0.15, 0.2) is 0 Å². The Hall–Kier alpha value is -5.11. The number of benzene rings is 3. The number of rotatable bonds is 8. The van der Waals surface area contributed by atoms with Gasteiger partial charge in [-0.3, -0.25) is 9.59 Å². The highest BCUT2D eigenvalue weighted by Crippen LogP contribution is 2.21. The van der Waals surface area contributed by atoms with Crippen LogP contribution in [-0.4, -0.2) is 26.0 Å². The molecule has 4 aromatic rings. The monoisotopic (exact) mass is 496 g/mol. The molecular formula is C29H24N2O6. The normalized spacial score (nSPS) is 11.1. The quantitative estimate of drug-likeness (QED) is 0.259. The van der Waals surface area contributed by atoms with Gasteiger partial charge in [-0.15, -0.1) is 0 Å². The van der Waals surface area contributed by atoms with Crippen molar-refractivity contribution in [1.82, 2.24) is 0 Å². The van der Waals surface area contributed by atoms with Gasteiger partial charge >= 0.3 is 5.63 Å². The lowest BCUT2D eigenvalue weighted by Crippen LogP contribution is -2.15. The molecule has 37 heavy (non-hydrogen) atoms. The van der Waals surface area contributed by atoms with Crippen LogP contribution in [0.3, 0.4) is 0 Å². The minimum Gasteiger partial charge on any atom is -0.497 e. The summed E-state index contributed by atoms with van der Waals surface area (Å²) in [4.78, 5) is 37.1. The molecule has 0 spiro atoms. The third-order valence-electron chi connectivity index (χ3n) is 5.34. The molecule has 3 aromatic carbocycles. The number of carbonyl (C=O) groups is 2. The van der Waals surface area contributed by atoms with Crippen LogP contribution in [-0.2, 0) is 9.59 Å². The predicted molar refractivity (Wildman–Crippen MR) is 144 cm³/mol. The third kappa shape index (κ3) is 6.73. The van der Waals surface area contributed by atoms with Gasteiger partial charge in [0.2, 0.25) is 11.8 Å². The van der Waals surface area contributed by atoms with Crippen LogP contribution in [0.4, 0.5) is 11.4 Å². The number of amides is 2. The van der Waals surface area contributed by atoms with E-state index in [4.69, 9.17) is 13.9 Å². The van der Waals surface area contributed by atoms with E-state index in [9.17, 15) is 14.4 Å². The van der Waals surface area contributed by atoms with Crippen LogP contribution >= 0.6 is 0 Å². The van der Waals surface area contributed by atoms with E-state index in [1.54, 1.807) is 81.0 Å². The maximum absolute atomic E-state index is 12.4. The number of hydrogen-bond donors (Lipinski definition) is 2.